The molecule has 0 aliphatic carbocycles. The fourth-order valence-electron chi connectivity index (χ4n) is 3.94. The molecular formula is C22H24N4O2. The van der Waals surface area contributed by atoms with Gasteiger partial charge >= 0.3 is 0 Å². The lowest BCUT2D eigenvalue weighted by molar-refractivity contribution is 0.0936. The number of rotatable bonds is 5. The largest absolute Gasteiger partial charge is 0.349 e. The number of fused-ring (bicyclic) bond motifs is 1. The molecule has 0 unspecified atom stereocenters. The quantitative estimate of drug-likeness (QED) is 0.743. The molecule has 0 saturated carbocycles. The molecule has 1 aliphatic rings. The van der Waals surface area contributed by atoms with Crippen LogP contribution >= 0.6 is 0 Å². The maximum atomic E-state index is 13.0. The fraction of sp³-hybridized carbons (Fsp3) is 0.318. The van der Waals surface area contributed by atoms with Gasteiger partial charge in [-0.25, -0.2) is 0 Å². The summed E-state index contributed by atoms with van der Waals surface area (Å²) >= 11 is 0. The van der Waals surface area contributed by atoms with E-state index in [2.05, 4.69) is 22.2 Å². The molecule has 6 heteroatoms. The summed E-state index contributed by atoms with van der Waals surface area (Å²) in [4.78, 5) is 28.3. The standard InChI is InChI=1S/C22H24N4O2/c1-2-25-14-8-11-17(25)15-23-21(27)20-18-12-6-7-13-19(18)22(28)26(24-20)16-9-4-3-5-10-16/h3-7,9-10,12-13,17H,2,8,11,14-15H2,1H3,(H,23,27)/t17-/m1/s1. The summed E-state index contributed by atoms with van der Waals surface area (Å²) < 4.78 is 1.31. The van der Waals surface area contributed by atoms with Gasteiger partial charge in [-0.15, -0.1) is 0 Å². The summed E-state index contributed by atoms with van der Waals surface area (Å²) in [6, 6.07) is 16.7. The Balaban J connectivity index is 1.70. The van der Waals surface area contributed by atoms with Gasteiger partial charge < -0.3 is 5.32 Å². The Labute approximate surface area is 163 Å². The molecule has 1 saturated heterocycles. The van der Waals surface area contributed by atoms with Crippen LogP contribution in [0, 0.1) is 0 Å². The molecule has 144 valence electrons. The van der Waals surface area contributed by atoms with Gasteiger partial charge in [0.15, 0.2) is 5.69 Å². The summed E-state index contributed by atoms with van der Waals surface area (Å²) in [5, 5.41) is 8.54. The van der Waals surface area contributed by atoms with Crippen molar-refractivity contribution in [2.24, 2.45) is 0 Å². The SMILES string of the molecule is CCN1CCC[C@@H]1CNC(=O)c1nn(-c2ccccc2)c(=O)c2ccccc12. The van der Waals surface area contributed by atoms with Crippen LogP contribution in [0.1, 0.15) is 30.3 Å². The summed E-state index contributed by atoms with van der Waals surface area (Å²) in [7, 11) is 0. The first kappa shape index (κ1) is 18.4. The van der Waals surface area contributed by atoms with E-state index in [1.165, 1.54) is 4.68 Å². The van der Waals surface area contributed by atoms with Crippen molar-refractivity contribution in [3.05, 3.63) is 70.6 Å². The van der Waals surface area contributed by atoms with E-state index in [1.54, 1.807) is 18.2 Å². The molecule has 0 radical (unpaired) electrons. The number of carbonyl (C=O) groups is 1. The molecular weight excluding hydrogens is 352 g/mol. The van der Waals surface area contributed by atoms with Gasteiger partial charge in [0.2, 0.25) is 0 Å². The van der Waals surface area contributed by atoms with Crippen LogP contribution in [0.25, 0.3) is 16.5 Å². The van der Waals surface area contributed by atoms with Crippen molar-refractivity contribution in [3.8, 4) is 5.69 Å². The monoisotopic (exact) mass is 376 g/mol. The number of nitrogens with one attached hydrogen (secondary N) is 1. The average Bonchev–Trinajstić information content (AvgIpc) is 3.21. The van der Waals surface area contributed by atoms with Crippen molar-refractivity contribution < 1.29 is 4.79 Å². The topological polar surface area (TPSA) is 67.2 Å². The number of carbonyl (C=O) groups excluding carboxylic acids is 1. The predicted molar refractivity (Wildman–Crippen MR) is 110 cm³/mol. The van der Waals surface area contributed by atoms with Crippen molar-refractivity contribution in [2.45, 2.75) is 25.8 Å². The van der Waals surface area contributed by atoms with Crippen LogP contribution in [0.5, 0.6) is 0 Å². The maximum Gasteiger partial charge on any atom is 0.279 e. The van der Waals surface area contributed by atoms with Crippen molar-refractivity contribution in [3.63, 3.8) is 0 Å². The Morgan fingerprint density at radius 3 is 2.57 bits per heavy atom. The number of likely N-dealkylation sites (tertiary alicyclic amines) is 1. The molecule has 2 heterocycles. The third kappa shape index (κ3) is 3.43. The van der Waals surface area contributed by atoms with Crippen molar-refractivity contribution >= 4 is 16.7 Å². The molecule has 0 spiro atoms. The molecule has 2 aromatic carbocycles. The van der Waals surface area contributed by atoms with E-state index >= 15 is 0 Å². The average molecular weight is 376 g/mol. The van der Waals surface area contributed by atoms with Crippen LogP contribution in [0.15, 0.2) is 59.4 Å². The number of benzene rings is 2. The van der Waals surface area contributed by atoms with Gasteiger partial charge in [-0.3, -0.25) is 14.5 Å². The minimum Gasteiger partial charge on any atom is -0.349 e. The lowest BCUT2D eigenvalue weighted by Gasteiger charge is -2.23. The molecule has 1 amide bonds. The van der Waals surface area contributed by atoms with Gasteiger partial charge in [0, 0.05) is 18.0 Å². The van der Waals surface area contributed by atoms with Crippen LogP contribution in [-0.2, 0) is 0 Å². The van der Waals surface area contributed by atoms with E-state index < -0.39 is 0 Å². The zero-order chi connectivity index (χ0) is 19.5. The Bertz CT molecular complexity index is 1050. The third-order valence-electron chi connectivity index (χ3n) is 5.42. The highest BCUT2D eigenvalue weighted by molar-refractivity contribution is 6.04. The summed E-state index contributed by atoms with van der Waals surface area (Å²) in [5.74, 6) is -0.246. The van der Waals surface area contributed by atoms with Crippen LogP contribution in [0.2, 0.25) is 0 Å². The minimum absolute atomic E-state index is 0.230. The van der Waals surface area contributed by atoms with Gasteiger partial charge in [0.25, 0.3) is 11.5 Å². The number of amides is 1. The van der Waals surface area contributed by atoms with E-state index in [1.807, 2.05) is 36.4 Å². The zero-order valence-electron chi connectivity index (χ0n) is 16.0. The molecule has 4 rings (SSSR count). The number of para-hydroxylation sites is 1. The lowest BCUT2D eigenvalue weighted by Crippen LogP contribution is -2.40. The molecule has 3 aromatic rings. The first-order valence-corrected chi connectivity index (χ1v) is 9.78. The number of likely N-dealkylation sites (N-methyl/N-ethyl adjacent to an activating group) is 1. The van der Waals surface area contributed by atoms with Crippen LogP contribution < -0.4 is 10.9 Å². The Morgan fingerprint density at radius 1 is 1.11 bits per heavy atom. The molecule has 0 bridgehead atoms. The Morgan fingerprint density at radius 2 is 1.82 bits per heavy atom. The smallest absolute Gasteiger partial charge is 0.279 e. The van der Waals surface area contributed by atoms with E-state index in [0.717, 1.165) is 25.9 Å². The second kappa shape index (κ2) is 7.94. The first-order chi connectivity index (χ1) is 13.7. The van der Waals surface area contributed by atoms with Crippen LogP contribution in [0.3, 0.4) is 0 Å². The molecule has 1 aromatic heterocycles. The van der Waals surface area contributed by atoms with Gasteiger partial charge in [-0.05, 0) is 44.1 Å². The molecule has 1 fully saturated rings. The molecule has 28 heavy (non-hydrogen) atoms. The Kier molecular flexibility index (Phi) is 5.21. The predicted octanol–water partition coefficient (Wildman–Crippen LogP) is 2.60. The van der Waals surface area contributed by atoms with Gasteiger partial charge in [0.1, 0.15) is 0 Å². The highest BCUT2D eigenvalue weighted by atomic mass is 16.2. The molecule has 6 nitrogen and oxygen atoms in total. The van der Waals surface area contributed by atoms with Crippen molar-refractivity contribution in [1.82, 2.24) is 20.0 Å². The first-order valence-electron chi connectivity index (χ1n) is 9.78. The second-order valence-corrected chi connectivity index (χ2v) is 7.08. The minimum atomic E-state index is -0.246. The number of hydrogen-bond donors (Lipinski definition) is 1. The lowest BCUT2D eigenvalue weighted by atomic mass is 10.1. The summed E-state index contributed by atoms with van der Waals surface area (Å²) in [5.41, 5.74) is 0.687. The van der Waals surface area contributed by atoms with Gasteiger partial charge in [0.05, 0.1) is 11.1 Å². The Hall–Kier alpha value is -2.99. The molecule has 1 atom stereocenters. The highest BCUT2D eigenvalue weighted by Gasteiger charge is 2.24. The summed E-state index contributed by atoms with van der Waals surface area (Å²) in [6.07, 6.45) is 2.25. The molecule has 1 aliphatic heterocycles. The number of aromatic nitrogens is 2. The van der Waals surface area contributed by atoms with Gasteiger partial charge in [-0.1, -0.05) is 43.3 Å². The van der Waals surface area contributed by atoms with Gasteiger partial charge in [-0.2, -0.15) is 9.78 Å². The second-order valence-electron chi connectivity index (χ2n) is 7.08. The number of nitrogens with zero attached hydrogens (tertiary/aromatic N) is 3. The van der Waals surface area contributed by atoms with Crippen LogP contribution in [-0.4, -0.2) is 46.3 Å². The van der Waals surface area contributed by atoms with E-state index in [-0.39, 0.29) is 17.2 Å². The van der Waals surface area contributed by atoms with E-state index in [9.17, 15) is 9.59 Å². The van der Waals surface area contributed by atoms with Crippen molar-refractivity contribution in [2.75, 3.05) is 19.6 Å². The highest BCUT2D eigenvalue weighted by Crippen LogP contribution is 2.17. The van der Waals surface area contributed by atoms with Crippen LogP contribution in [0.4, 0.5) is 0 Å². The number of hydrogen-bond acceptors (Lipinski definition) is 4. The molecule has 1 N–H and O–H groups in total. The van der Waals surface area contributed by atoms with Crippen molar-refractivity contribution in [1.29, 1.82) is 0 Å². The van der Waals surface area contributed by atoms with E-state index in [4.69, 9.17) is 0 Å². The summed E-state index contributed by atoms with van der Waals surface area (Å²) in [6.45, 7) is 4.80. The zero-order valence-corrected chi connectivity index (χ0v) is 16.0. The third-order valence-corrected chi connectivity index (χ3v) is 5.42. The van der Waals surface area contributed by atoms with E-state index in [0.29, 0.717) is 29.0 Å². The fourth-order valence-corrected chi connectivity index (χ4v) is 3.94. The maximum absolute atomic E-state index is 13.0. The normalized spacial score (nSPS) is 17.1.